The lowest BCUT2D eigenvalue weighted by Gasteiger charge is -2.14. The van der Waals surface area contributed by atoms with Gasteiger partial charge in [0.25, 0.3) is 6.43 Å². The first kappa shape index (κ1) is 13.8. The lowest BCUT2D eigenvalue weighted by atomic mass is 10.1. The third kappa shape index (κ3) is 5.04. The predicted molar refractivity (Wildman–Crippen MR) is 55.5 cm³/mol. The molecule has 1 N–H and O–H groups in total. The van der Waals surface area contributed by atoms with E-state index in [9.17, 15) is 17.6 Å². The van der Waals surface area contributed by atoms with Crippen molar-refractivity contribution >= 4 is 0 Å². The van der Waals surface area contributed by atoms with Crippen molar-refractivity contribution in [2.45, 2.75) is 26.0 Å². The molecule has 17 heavy (non-hydrogen) atoms. The molecule has 1 aromatic carbocycles. The zero-order chi connectivity index (χ0) is 12.8. The summed E-state index contributed by atoms with van der Waals surface area (Å²) in [7, 11) is 0. The molecule has 0 fully saturated rings. The molecule has 1 rings (SSSR count). The number of benzene rings is 1. The average molecular weight is 251 g/mol. The van der Waals surface area contributed by atoms with Crippen molar-refractivity contribution in [1.82, 2.24) is 5.32 Å². The molecule has 0 aliphatic heterocycles. The van der Waals surface area contributed by atoms with Gasteiger partial charge in [-0.15, -0.1) is 0 Å². The highest BCUT2D eigenvalue weighted by molar-refractivity contribution is 5.28. The Balaban J connectivity index is 2.54. The molecule has 1 atom stereocenters. The maximum atomic E-state index is 12.0. The molecule has 0 aliphatic rings. The van der Waals surface area contributed by atoms with Gasteiger partial charge >= 0.3 is 6.61 Å². The van der Waals surface area contributed by atoms with E-state index in [0.717, 1.165) is 5.56 Å². The van der Waals surface area contributed by atoms with Gasteiger partial charge in [0.15, 0.2) is 0 Å². The molecule has 96 valence electrons. The second-order valence-corrected chi connectivity index (χ2v) is 3.47. The molecule has 1 unspecified atom stereocenters. The summed E-state index contributed by atoms with van der Waals surface area (Å²) in [6.45, 7) is -1.56. The highest BCUT2D eigenvalue weighted by Crippen LogP contribution is 2.19. The van der Waals surface area contributed by atoms with Crippen molar-refractivity contribution in [2.75, 3.05) is 6.54 Å². The van der Waals surface area contributed by atoms with Crippen LogP contribution in [0.1, 0.15) is 18.5 Å². The molecule has 0 heterocycles. The fourth-order valence-electron chi connectivity index (χ4n) is 1.32. The minimum absolute atomic E-state index is 0.0461. The molecule has 1 aromatic rings. The summed E-state index contributed by atoms with van der Waals surface area (Å²) in [5.74, 6) is 0.0461. The predicted octanol–water partition coefficient (Wildman–Crippen LogP) is 3.20. The Morgan fingerprint density at radius 3 is 2.18 bits per heavy atom. The second kappa shape index (κ2) is 6.44. The van der Waals surface area contributed by atoms with Gasteiger partial charge in [0.05, 0.1) is 6.54 Å². The van der Waals surface area contributed by atoms with Gasteiger partial charge in [0.2, 0.25) is 0 Å². The largest absolute Gasteiger partial charge is 0.435 e. The zero-order valence-corrected chi connectivity index (χ0v) is 9.17. The van der Waals surface area contributed by atoms with E-state index in [4.69, 9.17) is 0 Å². The zero-order valence-electron chi connectivity index (χ0n) is 9.17. The lowest BCUT2D eigenvalue weighted by Crippen LogP contribution is -2.24. The van der Waals surface area contributed by atoms with Gasteiger partial charge in [-0.3, -0.25) is 0 Å². The Kier molecular flexibility index (Phi) is 5.21. The van der Waals surface area contributed by atoms with Crippen molar-refractivity contribution in [1.29, 1.82) is 0 Å². The number of nitrogens with one attached hydrogen (secondary N) is 1. The summed E-state index contributed by atoms with van der Waals surface area (Å²) in [5, 5.41) is 2.62. The maximum Gasteiger partial charge on any atom is 0.387 e. The van der Waals surface area contributed by atoms with E-state index >= 15 is 0 Å². The van der Waals surface area contributed by atoms with Crippen LogP contribution < -0.4 is 10.1 Å². The van der Waals surface area contributed by atoms with Crippen LogP contribution in [0.2, 0.25) is 0 Å². The fraction of sp³-hybridized carbons (Fsp3) is 0.455. The molecule has 2 nitrogen and oxygen atoms in total. The third-order valence-corrected chi connectivity index (χ3v) is 2.18. The van der Waals surface area contributed by atoms with E-state index in [0.29, 0.717) is 0 Å². The average Bonchev–Trinajstić information content (AvgIpc) is 2.26. The molecule has 0 radical (unpaired) electrons. The van der Waals surface area contributed by atoms with Gasteiger partial charge in [-0.1, -0.05) is 12.1 Å². The fourth-order valence-corrected chi connectivity index (χ4v) is 1.32. The highest BCUT2D eigenvalue weighted by atomic mass is 19.3. The number of rotatable bonds is 6. The normalized spacial score (nSPS) is 13.1. The summed E-state index contributed by atoms with van der Waals surface area (Å²) in [4.78, 5) is 0. The van der Waals surface area contributed by atoms with Crippen LogP contribution in [-0.4, -0.2) is 19.6 Å². The van der Waals surface area contributed by atoms with Crippen molar-refractivity contribution in [3.05, 3.63) is 29.8 Å². The van der Waals surface area contributed by atoms with Crippen LogP contribution in [0.25, 0.3) is 0 Å². The highest BCUT2D eigenvalue weighted by Gasteiger charge is 2.09. The van der Waals surface area contributed by atoms with Gasteiger partial charge in [-0.05, 0) is 24.6 Å². The SMILES string of the molecule is CC(NCC(F)F)c1ccc(OC(F)F)cc1. The van der Waals surface area contributed by atoms with Gasteiger partial charge in [0, 0.05) is 6.04 Å². The van der Waals surface area contributed by atoms with Gasteiger partial charge in [0.1, 0.15) is 5.75 Å². The Morgan fingerprint density at radius 1 is 1.12 bits per heavy atom. The monoisotopic (exact) mass is 251 g/mol. The summed E-state index contributed by atoms with van der Waals surface area (Å²) in [5.41, 5.74) is 0.729. The second-order valence-electron chi connectivity index (χ2n) is 3.47. The first-order valence-corrected chi connectivity index (χ1v) is 5.05. The number of alkyl halides is 4. The molecule has 0 amide bonds. The summed E-state index contributed by atoms with van der Waals surface area (Å²) < 4.78 is 51.8. The van der Waals surface area contributed by atoms with Crippen LogP contribution >= 0.6 is 0 Å². The van der Waals surface area contributed by atoms with Crippen LogP contribution in [-0.2, 0) is 0 Å². The third-order valence-electron chi connectivity index (χ3n) is 2.18. The molecule has 6 heteroatoms. The van der Waals surface area contributed by atoms with Gasteiger partial charge in [-0.25, -0.2) is 8.78 Å². The molecule has 0 aromatic heterocycles. The van der Waals surface area contributed by atoms with Gasteiger partial charge < -0.3 is 10.1 Å². The molecule has 0 bridgehead atoms. The minimum atomic E-state index is -2.87. The Bertz CT molecular complexity index is 329. The van der Waals surface area contributed by atoms with Crippen molar-refractivity contribution in [2.24, 2.45) is 0 Å². The number of hydrogen-bond donors (Lipinski definition) is 1. The molecule has 0 saturated carbocycles. The Hall–Kier alpha value is -1.30. The first-order valence-electron chi connectivity index (χ1n) is 5.05. The van der Waals surface area contributed by atoms with Crippen LogP contribution in [0.3, 0.4) is 0 Å². The quantitative estimate of drug-likeness (QED) is 0.784. The van der Waals surface area contributed by atoms with Crippen molar-refractivity contribution in [3.8, 4) is 5.75 Å². The van der Waals surface area contributed by atoms with E-state index < -0.39 is 19.6 Å². The molecule has 0 spiro atoms. The van der Waals surface area contributed by atoms with E-state index in [2.05, 4.69) is 10.1 Å². The van der Waals surface area contributed by atoms with Crippen LogP contribution in [0.5, 0.6) is 5.75 Å². The number of ether oxygens (including phenoxy) is 1. The number of hydrogen-bond acceptors (Lipinski definition) is 2. The van der Waals surface area contributed by atoms with Crippen molar-refractivity contribution in [3.63, 3.8) is 0 Å². The van der Waals surface area contributed by atoms with Crippen LogP contribution in [0.15, 0.2) is 24.3 Å². The smallest absolute Gasteiger partial charge is 0.387 e. The Morgan fingerprint density at radius 2 is 1.71 bits per heavy atom. The summed E-state index contributed by atoms with van der Waals surface area (Å²) in [6.07, 6.45) is -2.42. The van der Waals surface area contributed by atoms with Gasteiger partial charge in [-0.2, -0.15) is 8.78 Å². The first-order chi connectivity index (χ1) is 7.99. The Labute approximate surface area is 96.6 Å². The van der Waals surface area contributed by atoms with E-state index in [1.54, 1.807) is 19.1 Å². The molecular formula is C11H13F4NO. The molecular weight excluding hydrogens is 238 g/mol. The molecule has 0 saturated heterocycles. The lowest BCUT2D eigenvalue weighted by molar-refractivity contribution is -0.0498. The van der Waals surface area contributed by atoms with E-state index in [-0.39, 0.29) is 11.8 Å². The topological polar surface area (TPSA) is 21.3 Å². The van der Waals surface area contributed by atoms with E-state index in [1.165, 1.54) is 12.1 Å². The van der Waals surface area contributed by atoms with Crippen LogP contribution in [0.4, 0.5) is 17.6 Å². The van der Waals surface area contributed by atoms with Crippen LogP contribution in [0, 0.1) is 0 Å². The molecule has 0 aliphatic carbocycles. The standard InChI is InChI=1S/C11H13F4NO/c1-7(16-6-10(12)13)8-2-4-9(5-3-8)17-11(14)15/h2-5,7,10-11,16H,6H2,1H3. The number of halogens is 4. The maximum absolute atomic E-state index is 12.0. The van der Waals surface area contributed by atoms with Crippen molar-refractivity contribution < 1.29 is 22.3 Å². The summed E-state index contributed by atoms with van der Waals surface area (Å²) in [6, 6.07) is 5.59. The minimum Gasteiger partial charge on any atom is -0.435 e. The summed E-state index contributed by atoms with van der Waals surface area (Å²) >= 11 is 0. The van der Waals surface area contributed by atoms with E-state index in [1.807, 2.05) is 0 Å².